The van der Waals surface area contributed by atoms with Gasteiger partial charge in [-0.2, -0.15) is 13.2 Å². The highest BCUT2D eigenvalue weighted by atomic mass is 19.4. The zero-order valence-electron chi connectivity index (χ0n) is 20.3. The Kier molecular flexibility index (Phi) is 7.20. The maximum absolute atomic E-state index is 13.4. The number of benzene rings is 3. The molecule has 4 nitrogen and oxygen atoms in total. The third-order valence-electron chi connectivity index (χ3n) is 7.34. The zero-order valence-corrected chi connectivity index (χ0v) is 20.3. The molecule has 0 spiro atoms. The summed E-state index contributed by atoms with van der Waals surface area (Å²) in [7, 11) is 0. The minimum absolute atomic E-state index is 0.141. The van der Waals surface area contributed by atoms with Crippen LogP contribution in [0.25, 0.3) is 0 Å². The van der Waals surface area contributed by atoms with E-state index in [0.29, 0.717) is 44.7 Å². The summed E-state index contributed by atoms with van der Waals surface area (Å²) >= 11 is 0. The zero-order chi connectivity index (χ0) is 26.0. The average molecular weight is 512 g/mol. The van der Waals surface area contributed by atoms with Gasteiger partial charge in [-0.15, -0.1) is 0 Å². The summed E-state index contributed by atoms with van der Waals surface area (Å²) in [5, 5.41) is 3.03. The molecular formula is C29H29F4N3O. The monoisotopic (exact) mass is 511 g/mol. The third-order valence-corrected chi connectivity index (χ3v) is 7.34. The summed E-state index contributed by atoms with van der Waals surface area (Å²) in [5.41, 5.74) is 2.72. The topological polar surface area (TPSA) is 35.6 Å². The minimum Gasteiger partial charge on any atom is -0.365 e. The summed E-state index contributed by atoms with van der Waals surface area (Å²) in [6.07, 6.45) is -3.51. The molecule has 2 aliphatic rings. The van der Waals surface area contributed by atoms with Crippen LogP contribution in [0.4, 0.5) is 23.2 Å². The molecule has 0 aromatic heterocycles. The van der Waals surface area contributed by atoms with Crippen LogP contribution in [0, 0.1) is 11.7 Å². The highest BCUT2D eigenvalue weighted by Crippen LogP contribution is 2.40. The third kappa shape index (κ3) is 5.80. The van der Waals surface area contributed by atoms with Crippen molar-refractivity contribution in [2.75, 3.05) is 31.1 Å². The molecular weight excluding hydrogens is 482 g/mol. The van der Waals surface area contributed by atoms with E-state index in [0.717, 1.165) is 22.9 Å². The summed E-state index contributed by atoms with van der Waals surface area (Å²) in [5.74, 6) is -0.914. The van der Waals surface area contributed by atoms with Gasteiger partial charge in [0.05, 0.1) is 17.5 Å². The molecule has 1 amide bonds. The molecule has 3 aromatic carbocycles. The first-order valence-corrected chi connectivity index (χ1v) is 12.5. The number of piperazine rings is 1. The van der Waals surface area contributed by atoms with Gasteiger partial charge in [0.25, 0.3) is 0 Å². The van der Waals surface area contributed by atoms with Gasteiger partial charge in [-0.3, -0.25) is 9.69 Å². The number of carbonyl (C=O) groups excluding carboxylic acids is 1. The number of hydrogen-bond donors (Lipinski definition) is 1. The molecule has 194 valence electrons. The number of carbonyl (C=O) groups is 1. The lowest BCUT2D eigenvalue weighted by molar-refractivity contribution is -0.137. The lowest BCUT2D eigenvalue weighted by Crippen LogP contribution is -2.61. The lowest BCUT2D eigenvalue weighted by atomic mass is 9.82. The van der Waals surface area contributed by atoms with Gasteiger partial charge >= 0.3 is 6.18 Å². The predicted molar refractivity (Wildman–Crippen MR) is 135 cm³/mol. The van der Waals surface area contributed by atoms with E-state index in [1.165, 1.54) is 18.2 Å². The van der Waals surface area contributed by atoms with Crippen molar-refractivity contribution in [2.24, 2.45) is 5.92 Å². The molecule has 2 heterocycles. The molecule has 0 aliphatic carbocycles. The molecule has 8 heteroatoms. The van der Waals surface area contributed by atoms with Crippen molar-refractivity contribution in [1.82, 2.24) is 10.2 Å². The molecule has 0 saturated carbocycles. The van der Waals surface area contributed by atoms with Gasteiger partial charge in [-0.25, -0.2) is 4.39 Å². The van der Waals surface area contributed by atoms with Crippen LogP contribution in [0.3, 0.4) is 0 Å². The molecule has 2 atom stereocenters. The Hall–Kier alpha value is -3.39. The normalized spacial score (nSPS) is 19.7. The summed E-state index contributed by atoms with van der Waals surface area (Å²) in [6.45, 7) is 2.96. The van der Waals surface area contributed by atoms with Gasteiger partial charge in [0.2, 0.25) is 5.91 Å². The number of nitrogens with one attached hydrogen (secondary N) is 1. The first-order valence-electron chi connectivity index (χ1n) is 12.5. The number of rotatable bonds is 6. The van der Waals surface area contributed by atoms with Crippen molar-refractivity contribution in [1.29, 1.82) is 0 Å². The van der Waals surface area contributed by atoms with Crippen LogP contribution in [-0.2, 0) is 30.4 Å². The van der Waals surface area contributed by atoms with Crippen molar-refractivity contribution < 1.29 is 22.4 Å². The first-order chi connectivity index (χ1) is 17.8. The fourth-order valence-corrected chi connectivity index (χ4v) is 5.46. The van der Waals surface area contributed by atoms with E-state index >= 15 is 0 Å². The van der Waals surface area contributed by atoms with Crippen molar-refractivity contribution in [3.05, 3.63) is 101 Å². The van der Waals surface area contributed by atoms with Crippen molar-refractivity contribution in [3.8, 4) is 0 Å². The SMILES string of the molecule is O=C(NCCc1ccccc1)[C@@H]1Cc2cc(C(F)(F)F)ccc2N2CCN(Cc3ccc(F)cc3)C[C@@H]12. The summed E-state index contributed by atoms with van der Waals surface area (Å²) in [6, 6.07) is 19.9. The molecule has 0 unspecified atom stereocenters. The minimum atomic E-state index is -4.44. The van der Waals surface area contributed by atoms with E-state index in [-0.39, 0.29) is 24.2 Å². The Balaban J connectivity index is 1.36. The highest BCUT2D eigenvalue weighted by molar-refractivity contribution is 5.82. The average Bonchev–Trinajstić information content (AvgIpc) is 2.89. The molecule has 37 heavy (non-hydrogen) atoms. The smallest absolute Gasteiger partial charge is 0.365 e. The number of halogens is 4. The van der Waals surface area contributed by atoms with Crippen LogP contribution in [0.1, 0.15) is 22.3 Å². The van der Waals surface area contributed by atoms with Gasteiger partial charge in [0, 0.05) is 38.4 Å². The van der Waals surface area contributed by atoms with Crippen molar-refractivity contribution >= 4 is 11.6 Å². The van der Waals surface area contributed by atoms with E-state index < -0.39 is 17.7 Å². The van der Waals surface area contributed by atoms with Gasteiger partial charge < -0.3 is 10.2 Å². The largest absolute Gasteiger partial charge is 0.416 e. The Labute approximate surface area is 213 Å². The van der Waals surface area contributed by atoms with E-state index in [2.05, 4.69) is 15.1 Å². The fraction of sp³-hybridized carbons (Fsp3) is 0.345. The van der Waals surface area contributed by atoms with Crippen molar-refractivity contribution in [3.63, 3.8) is 0 Å². The van der Waals surface area contributed by atoms with Gasteiger partial charge in [-0.05, 0) is 59.9 Å². The second-order valence-corrected chi connectivity index (χ2v) is 9.80. The van der Waals surface area contributed by atoms with Crippen LogP contribution in [-0.4, -0.2) is 43.0 Å². The molecule has 2 aliphatic heterocycles. The van der Waals surface area contributed by atoms with E-state index in [1.807, 2.05) is 30.3 Å². The molecule has 5 rings (SSSR count). The van der Waals surface area contributed by atoms with Gasteiger partial charge in [0.15, 0.2) is 0 Å². The van der Waals surface area contributed by atoms with E-state index in [4.69, 9.17) is 0 Å². The lowest BCUT2D eigenvalue weighted by Gasteiger charge is -2.49. The summed E-state index contributed by atoms with van der Waals surface area (Å²) < 4.78 is 53.6. The Morgan fingerprint density at radius 3 is 2.43 bits per heavy atom. The molecule has 3 aromatic rings. The Morgan fingerprint density at radius 2 is 1.70 bits per heavy atom. The maximum Gasteiger partial charge on any atom is 0.416 e. The Bertz CT molecular complexity index is 1230. The highest BCUT2D eigenvalue weighted by Gasteiger charge is 2.42. The van der Waals surface area contributed by atoms with Crippen LogP contribution >= 0.6 is 0 Å². The predicted octanol–water partition coefficient (Wildman–Crippen LogP) is 5.07. The number of alkyl halides is 3. The second kappa shape index (κ2) is 10.5. The maximum atomic E-state index is 13.4. The molecule has 1 N–H and O–H groups in total. The molecule has 1 saturated heterocycles. The van der Waals surface area contributed by atoms with E-state index in [1.54, 1.807) is 18.2 Å². The van der Waals surface area contributed by atoms with Crippen LogP contribution in [0.2, 0.25) is 0 Å². The van der Waals surface area contributed by atoms with Crippen LogP contribution in [0.15, 0.2) is 72.8 Å². The van der Waals surface area contributed by atoms with Crippen LogP contribution < -0.4 is 10.2 Å². The number of fused-ring (bicyclic) bond motifs is 3. The number of anilines is 1. The number of nitrogens with zero attached hydrogens (tertiary/aromatic N) is 2. The second-order valence-electron chi connectivity index (χ2n) is 9.80. The molecule has 0 bridgehead atoms. The molecule has 0 radical (unpaired) electrons. The standard InChI is InChI=1S/C29H29F4N3O/c30-24-9-6-21(7-10-24)18-35-14-15-36-26-11-8-23(29(31,32)33)16-22(26)17-25(27(36)19-35)28(37)34-13-12-20-4-2-1-3-5-20/h1-11,16,25,27H,12-15,17-19H2,(H,34,37)/t25-,27+/m1/s1. The quantitative estimate of drug-likeness (QED) is 0.470. The molecule has 1 fully saturated rings. The van der Waals surface area contributed by atoms with Crippen molar-refractivity contribution in [2.45, 2.75) is 31.6 Å². The van der Waals surface area contributed by atoms with Crippen LogP contribution in [0.5, 0.6) is 0 Å². The van der Waals surface area contributed by atoms with Gasteiger partial charge in [0.1, 0.15) is 5.82 Å². The first kappa shape index (κ1) is 25.3. The fourth-order valence-electron chi connectivity index (χ4n) is 5.46. The number of hydrogen-bond acceptors (Lipinski definition) is 3. The van der Waals surface area contributed by atoms with Gasteiger partial charge in [-0.1, -0.05) is 42.5 Å². The number of amides is 1. The van der Waals surface area contributed by atoms with E-state index in [9.17, 15) is 22.4 Å². The summed E-state index contributed by atoms with van der Waals surface area (Å²) in [4.78, 5) is 17.7. The Morgan fingerprint density at radius 1 is 0.946 bits per heavy atom.